The Labute approximate surface area is 297 Å². The largest absolute Gasteiger partial charge is 0.449 e. The fourth-order valence-corrected chi connectivity index (χ4v) is 5.36. The summed E-state index contributed by atoms with van der Waals surface area (Å²) in [6.45, 7) is 8.95. The second kappa shape index (κ2) is 28.4. The molecule has 2 aromatic rings. The number of halogens is 1. The first-order valence-corrected chi connectivity index (χ1v) is 18.1. The lowest BCUT2D eigenvalue weighted by Crippen LogP contribution is -2.29. The predicted octanol–water partition coefficient (Wildman–Crippen LogP) is 5.46. The molecule has 3 rings (SSSR count). The normalized spacial score (nSPS) is 12.3. The van der Waals surface area contributed by atoms with E-state index in [4.69, 9.17) is 54.2 Å². The van der Waals surface area contributed by atoms with Crippen LogP contribution in [0, 0.1) is 0 Å². The van der Waals surface area contributed by atoms with E-state index in [1.54, 1.807) is 0 Å². The number of nitrogens with one attached hydrogen (secondary N) is 1. The van der Waals surface area contributed by atoms with Crippen LogP contribution < -0.4 is 5.32 Å². The van der Waals surface area contributed by atoms with E-state index in [1.807, 2.05) is 24.3 Å². The number of rotatable bonds is 32. The molecule has 0 aromatic heterocycles. The van der Waals surface area contributed by atoms with E-state index >= 15 is 0 Å². The Hall–Kier alpha value is -2.32. The van der Waals surface area contributed by atoms with Crippen LogP contribution in [0.1, 0.15) is 42.7 Å². The fraction of sp³-hybridized carbons (Fsp3) is 0.649. The summed E-state index contributed by atoms with van der Waals surface area (Å²) in [7, 11) is 0. The van der Waals surface area contributed by atoms with Crippen molar-refractivity contribution >= 4 is 17.7 Å². The molecule has 49 heavy (non-hydrogen) atoms. The maximum absolute atomic E-state index is 12.2. The van der Waals surface area contributed by atoms with Gasteiger partial charge in [0.2, 0.25) is 0 Å². The first kappa shape index (κ1) is 41.1. The van der Waals surface area contributed by atoms with Crippen molar-refractivity contribution in [3.8, 4) is 11.1 Å². The summed E-state index contributed by atoms with van der Waals surface area (Å²) in [4.78, 5) is 12.2. The quantitative estimate of drug-likeness (QED) is 0.0777. The van der Waals surface area contributed by atoms with E-state index < -0.39 is 6.09 Å². The average Bonchev–Trinajstić information content (AvgIpc) is 3.45. The zero-order valence-electron chi connectivity index (χ0n) is 28.9. The van der Waals surface area contributed by atoms with E-state index in [-0.39, 0.29) is 5.92 Å². The third-order valence-corrected chi connectivity index (χ3v) is 7.90. The lowest BCUT2D eigenvalue weighted by molar-refractivity contribution is -0.0230. The molecule has 0 radical (unpaired) electrons. The number of unbranched alkanes of at least 4 members (excludes halogenated alkanes) is 3. The molecule has 0 unspecified atom stereocenters. The molecular weight excluding hydrogens is 654 g/mol. The van der Waals surface area contributed by atoms with Gasteiger partial charge in [0, 0.05) is 24.9 Å². The smallest absolute Gasteiger partial charge is 0.407 e. The van der Waals surface area contributed by atoms with Gasteiger partial charge in [-0.1, -0.05) is 61.4 Å². The van der Waals surface area contributed by atoms with Crippen molar-refractivity contribution in [1.29, 1.82) is 0 Å². The van der Waals surface area contributed by atoms with Crippen molar-refractivity contribution in [1.82, 2.24) is 5.32 Å². The van der Waals surface area contributed by atoms with Gasteiger partial charge in [0.05, 0.1) is 99.1 Å². The van der Waals surface area contributed by atoms with Crippen LogP contribution in [0.4, 0.5) is 4.79 Å². The number of hydrogen-bond donors (Lipinski definition) is 1. The molecule has 276 valence electrons. The van der Waals surface area contributed by atoms with E-state index in [9.17, 15) is 4.79 Å². The summed E-state index contributed by atoms with van der Waals surface area (Å²) in [6.07, 6.45) is 4.03. The molecular formula is C37H56ClNO10. The summed E-state index contributed by atoms with van der Waals surface area (Å²) >= 11 is 5.66. The van der Waals surface area contributed by atoms with Crippen molar-refractivity contribution in [3.63, 3.8) is 0 Å². The van der Waals surface area contributed by atoms with Gasteiger partial charge in [-0.2, -0.15) is 0 Å². The van der Waals surface area contributed by atoms with E-state index in [0.717, 1.165) is 31.7 Å². The van der Waals surface area contributed by atoms with Gasteiger partial charge in [-0.3, -0.25) is 0 Å². The third kappa shape index (κ3) is 18.5. The standard InChI is InChI=1S/C37H56ClNO10/c38-13-7-1-2-8-15-41-17-19-43-21-23-45-25-27-47-29-30-48-28-26-46-24-22-44-20-18-42-16-14-39-37(40)49-31-36-34-11-5-3-9-32(34)33-10-4-6-12-35(33)36/h3-6,9-12,36H,1-2,7-8,13-31H2,(H,39,40). The lowest BCUT2D eigenvalue weighted by atomic mass is 9.98. The molecule has 1 N–H and O–H groups in total. The van der Waals surface area contributed by atoms with Crippen molar-refractivity contribution in [2.45, 2.75) is 31.6 Å². The summed E-state index contributed by atoms with van der Waals surface area (Å²) in [5.41, 5.74) is 4.78. The Morgan fingerprint density at radius 3 is 1.35 bits per heavy atom. The highest BCUT2D eigenvalue weighted by molar-refractivity contribution is 6.17. The van der Waals surface area contributed by atoms with Crippen molar-refractivity contribution in [2.75, 3.05) is 125 Å². The minimum Gasteiger partial charge on any atom is -0.449 e. The number of carbonyl (C=O) groups is 1. The summed E-state index contributed by atoms with van der Waals surface area (Å²) in [5.74, 6) is 0.781. The minimum absolute atomic E-state index is 0.0412. The number of amides is 1. The van der Waals surface area contributed by atoms with Gasteiger partial charge in [-0.05, 0) is 35.1 Å². The summed E-state index contributed by atoms with van der Waals surface area (Å²) < 4.78 is 49.6. The molecule has 0 saturated heterocycles. The Kier molecular flexibility index (Phi) is 23.8. The number of benzene rings is 2. The highest BCUT2D eigenvalue weighted by Crippen LogP contribution is 2.44. The maximum atomic E-state index is 12.2. The van der Waals surface area contributed by atoms with E-state index in [1.165, 1.54) is 28.7 Å². The van der Waals surface area contributed by atoms with Crippen molar-refractivity contribution in [2.24, 2.45) is 0 Å². The van der Waals surface area contributed by atoms with Gasteiger partial charge in [0.25, 0.3) is 0 Å². The van der Waals surface area contributed by atoms with Crippen LogP contribution in [0.2, 0.25) is 0 Å². The number of hydrogen-bond acceptors (Lipinski definition) is 10. The van der Waals surface area contributed by atoms with Gasteiger partial charge < -0.3 is 47.9 Å². The molecule has 0 bridgehead atoms. The fourth-order valence-electron chi connectivity index (χ4n) is 5.17. The predicted molar refractivity (Wildman–Crippen MR) is 189 cm³/mol. The van der Waals surface area contributed by atoms with Crippen molar-refractivity contribution < 1.29 is 47.4 Å². The molecule has 0 spiro atoms. The summed E-state index contributed by atoms with van der Waals surface area (Å²) in [6, 6.07) is 16.5. The highest BCUT2D eigenvalue weighted by Gasteiger charge is 2.28. The number of fused-ring (bicyclic) bond motifs is 3. The van der Waals surface area contributed by atoms with Gasteiger partial charge in [-0.15, -0.1) is 11.6 Å². The topological polar surface area (TPSA) is 112 Å². The van der Waals surface area contributed by atoms with Crippen LogP contribution in [0.3, 0.4) is 0 Å². The monoisotopic (exact) mass is 709 g/mol. The minimum atomic E-state index is -0.448. The Morgan fingerprint density at radius 2 is 0.898 bits per heavy atom. The van der Waals surface area contributed by atoms with E-state index in [0.29, 0.717) is 112 Å². The Bertz CT molecular complexity index is 1060. The molecule has 0 aliphatic heterocycles. The van der Waals surface area contributed by atoms with Crippen LogP contribution in [-0.2, 0) is 42.6 Å². The van der Waals surface area contributed by atoms with Crippen LogP contribution in [0.25, 0.3) is 11.1 Å². The molecule has 1 amide bonds. The second-order valence-electron chi connectivity index (χ2n) is 11.3. The molecule has 12 heteroatoms. The SMILES string of the molecule is O=C(NCCOCCOCCOCCOCCOCCOCCOCCOCCCCCCCl)OCC1c2ccccc2-c2ccccc21. The van der Waals surface area contributed by atoms with Gasteiger partial charge in [0.15, 0.2) is 0 Å². The van der Waals surface area contributed by atoms with Crippen LogP contribution in [0.15, 0.2) is 48.5 Å². The number of carbonyl (C=O) groups excluding carboxylic acids is 1. The molecule has 11 nitrogen and oxygen atoms in total. The molecule has 1 aliphatic rings. The van der Waals surface area contributed by atoms with Gasteiger partial charge in [-0.25, -0.2) is 4.79 Å². The molecule has 0 saturated carbocycles. The molecule has 2 aromatic carbocycles. The maximum Gasteiger partial charge on any atom is 0.407 e. The highest BCUT2D eigenvalue weighted by atomic mass is 35.5. The zero-order valence-corrected chi connectivity index (χ0v) is 29.7. The number of ether oxygens (including phenoxy) is 9. The third-order valence-electron chi connectivity index (χ3n) is 7.64. The molecule has 0 heterocycles. The molecule has 1 aliphatic carbocycles. The van der Waals surface area contributed by atoms with Crippen LogP contribution in [0.5, 0.6) is 0 Å². The average molecular weight is 710 g/mol. The Morgan fingerprint density at radius 1 is 0.510 bits per heavy atom. The summed E-state index contributed by atoms with van der Waals surface area (Å²) in [5, 5.41) is 2.74. The van der Waals surface area contributed by atoms with Crippen LogP contribution in [-0.4, -0.2) is 131 Å². The van der Waals surface area contributed by atoms with E-state index in [2.05, 4.69) is 29.6 Å². The molecule has 0 fully saturated rings. The second-order valence-corrected chi connectivity index (χ2v) is 11.6. The number of alkyl halides is 1. The Balaban J connectivity index is 0.979. The van der Waals surface area contributed by atoms with Gasteiger partial charge >= 0.3 is 6.09 Å². The lowest BCUT2D eigenvalue weighted by Gasteiger charge is -2.14. The number of alkyl carbamates (subject to hydrolysis) is 1. The first-order valence-electron chi connectivity index (χ1n) is 17.6. The first-order chi connectivity index (χ1) is 24.3. The molecule has 0 atom stereocenters. The van der Waals surface area contributed by atoms with Crippen molar-refractivity contribution in [3.05, 3.63) is 59.7 Å². The van der Waals surface area contributed by atoms with Gasteiger partial charge in [0.1, 0.15) is 6.61 Å². The van der Waals surface area contributed by atoms with Crippen LogP contribution >= 0.6 is 11.6 Å². The zero-order chi connectivity index (χ0) is 34.5.